The predicted molar refractivity (Wildman–Crippen MR) is 173 cm³/mol. The summed E-state index contributed by atoms with van der Waals surface area (Å²) in [6, 6.07) is 16.9. The van der Waals surface area contributed by atoms with Crippen molar-refractivity contribution in [2.45, 2.75) is 72.6 Å². The zero-order chi connectivity index (χ0) is 32.6. The molecule has 0 aliphatic carbocycles. The van der Waals surface area contributed by atoms with E-state index >= 15 is 0 Å². The summed E-state index contributed by atoms with van der Waals surface area (Å²) in [6.45, 7) is 12.6. The monoisotopic (exact) mass is 616 g/mol. The number of aryl methyl sites for hydroxylation is 2. The fraction of sp³-hybridized carbons (Fsp3) is 0.378. The Morgan fingerprint density at radius 2 is 1.02 bits per heavy atom. The van der Waals surface area contributed by atoms with Crippen molar-refractivity contribution in [2.75, 3.05) is 19.8 Å². The van der Waals surface area contributed by atoms with Crippen LogP contribution in [0.5, 0.6) is 23.0 Å². The molecule has 0 unspecified atom stereocenters. The van der Waals surface area contributed by atoms with Crippen LogP contribution in [0.1, 0.15) is 90.6 Å². The molecule has 3 aromatic rings. The van der Waals surface area contributed by atoms with Crippen LogP contribution in [-0.4, -0.2) is 37.7 Å². The fourth-order valence-corrected chi connectivity index (χ4v) is 4.39. The van der Waals surface area contributed by atoms with Gasteiger partial charge in [0.15, 0.2) is 0 Å². The van der Waals surface area contributed by atoms with Gasteiger partial charge in [-0.15, -0.1) is 0 Å². The molecule has 0 bridgehead atoms. The number of hydrogen-bond acceptors (Lipinski definition) is 8. The number of hydrogen-bond donors (Lipinski definition) is 0. The highest BCUT2D eigenvalue weighted by Crippen LogP contribution is 2.24. The Kier molecular flexibility index (Phi) is 14.2. The largest absolute Gasteiger partial charge is 0.494 e. The van der Waals surface area contributed by atoms with Crippen LogP contribution >= 0.6 is 0 Å². The van der Waals surface area contributed by atoms with Crippen molar-refractivity contribution in [1.82, 2.24) is 0 Å². The summed E-state index contributed by atoms with van der Waals surface area (Å²) >= 11 is 0. The summed E-state index contributed by atoms with van der Waals surface area (Å²) in [6.07, 6.45) is 6.79. The third kappa shape index (κ3) is 11.8. The van der Waals surface area contributed by atoms with Gasteiger partial charge in [-0.1, -0.05) is 26.3 Å². The highest BCUT2D eigenvalue weighted by atomic mass is 16.5. The number of esters is 3. The first-order valence-electron chi connectivity index (χ1n) is 15.5. The van der Waals surface area contributed by atoms with Crippen molar-refractivity contribution in [3.8, 4) is 23.0 Å². The third-order valence-electron chi connectivity index (χ3n) is 6.99. The van der Waals surface area contributed by atoms with Crippen molar-refractivity contribution in [3.05, 3.63) is 95.1 Å². The Labute approximate surface area is 266 Å². The lowest BCUT2D eigenvalue weighted by Gasteiger charge is -2.11. The minimum absolute atomic E-state index is 0.328. The van der Waals surface area contributed by atoms with Gasteiger partial charge in [-0.2, -0.15) is 0 Å². The van der Waals surface area contributed by atoms with E-state index in [0.29, 0.717) is 53.8 Å². The van der Waals surface area contributed by atoms with Crippen molar-refractivity contribution < 1.29 is 38.1 Å². The molecule has 0 amide bonds. The van der Waals surface area contributed by atoms with Gasteiger partial charge in [-0.25, -0.2) is 14.4 Å². The van der Waals surface area contributed by atoms with Gasteiger partial charge < -0.3 is 23.7 Å². The molecule has 0 spiro atoms. The lowest BCUT2D eigenvalue weighted by Crippen LogP contribution is -2.11. The number of carbonyl (C=O) groups is 3. The summed E-state index contributed by atoms with van der Waals surface area (Å²) in [7, 11) is 0. The quantitative estimate of drug-likeness (QED) is 0.0609. The first-order valence-corrected chi connectivity index (χ1v) is 15.5. The molecule has 0 heterocycles. The molecule has 3 rings (SSSR count). The molecule has 0 N–H and O–H groups in total. The minimum atomic E-state index is -0.497. The van der Waals surface area contributed by atoms with E-state index in [1.807, 2.05) is 26.0 Å². The first-order chi connectivity index (χ1) is 21.7. The molecule has 8 nitrogen and oxygen atoms in total. The topological polar surface area (TPSA) is 97.4 Å². The summed E-state index contributed by atoms with van der Waals surface area (Å²) in [5.74, 6) is 0.743. The molecule has 8 heteroatoms. The molecule has 0 saturated carbocycles. The van der Waals surface area contributed by atoms with Crippen molar-refractivity contribution in [3.63, 3.8) is 0 Å². The normalized spacial score (nSPS) is 10.6. The average Bonchev–Trinajstić information content (AvgIpc) is 3.01. The lowest BCUT2D eigenvalue weighted by molar-refractivity contribution is -0.139. The van der Waals surface area contributed by atoms with E-state index < -0.39 is 11.9 Å². The van der Waals surface area contributed by atoms with Crippen molar-refractivity contribution >= 4 is 17.9 Å². The van der Waals surface area contributed by atoms with Gasteiger partial charge in [0, 0.05) is 5.57 Å². The van der Waals surface area contributed by atoms with Crippen LogP contribution in [0.2, 0.25) is 0 Å². The molecule has 240 valence electrons. The molecule has 0 radical (unpaired) electrons. The Morgan fingerprint density at radius 1 is 0.600 bits per heavy atom. The van der Waals surface area contributed by atoms with E-state index in [-0.39, 0.29) is 5.97 Å². The summed E-state index contributed by atoms with van der Waals surface area (Å²) < 4.78 is 27.8. The number of unbranched alkanes of at least 4 members (excludes halogenated alkanes) is 5. The van der Waals surface area contributed by atoms with Gasteiger partial charge in [0.25, 0.3) is 0 Å². The number of rotatable bonds is 18. The number of carbonyl (C=O) groups excluding carboxylic acids is 3. The molecule has 0 aromatic heterocycles. The van der Waals surface area contributed by atoms with Gasteiger partial charge in [-0.3, -0.25) is 0 Å². The van der Waals surface area contributed by atoms with Gasteiger partial charge >= 0.3 is 17.9 Å². The Morgan fingerprint density at radius 3 is 1.44 bits per heavy atom. The van der Waals surface area contributed by atoms with Crippen LogP contribution in [0.4, 0.5) is 0 Å². The van der Waals surface area contributed by atoms with Gasteiger partial charge in [0.2, 0.25) is 0 Å². The fourth-order valence-electron chi connectivity index (χ4n) is 4.39. The molecule has 0 atom stereocenters. The number of benzene rings is 3. The van der Waals surface area contributed by atoms with Gasteiger partial charge in [-0.05, 0) is 125 Å². The van der Waals surface area contributed by atoms with E-state index in [1.165, 1.54) is 0 Å². The zero-order valence-electron chi connectivity index (χ0n) is 26.8. The maximum atomic E-state index is 12.8. The molecule has 45 heavy (non-hydrogen) atoms. The second-order valence-corrected chi connectivity index (χ2v) is 10.9. The smallest absolute Gasteiger partial charge is 0.343 e. The summed E-state index contributed by atoms with van der Waals surface area (Å²) in [4.78, 5) is 36.9. The van der Waals surface area contributed by atoms with Crippen molar-refractivity contribution in [2.24, 2.45) is 0 Å². The molecule has 0 fully saturated rings. The Hall–Kier alpha value is -4.59. The van der Waals surface area contributed by atoms with Crippen LogP contribution < -0.4 is 18.9 Å². The van der Waals surface area contributed by atoms with Crippen LogP contribution in [-0.2, 0) is 9.53 Å². The van der Waals surface area contributed by atoms with E-state index in [4.69, 9.17) is 23.7 Å². The predicted octanol–water partition coefficient (Wildman–Crippen LogP) is 8.37. The van der Waals surface area contributed by atoms with Crippen molar-refractivity contribution in [1.29, 1.82) is 0 Å². The Balaban J connectivity index is 1.42. The molecule has 0 saturated heterocycles. The SMILES string of the molecule is C=C(C)C(=O)OCCCCCCOc1ccc(C(=O)Oc2ccc(OC(=O)c3ccc(OCCCCC)cc3C)cc2)c(C)c1. The second kappa shape index (κ2) is 18.3. The summed E-state index contributed by atoms with van der Waals surface area (Å²) in [5, 5.41) is 0. The maximum absolute atomic E-state index is 12.8. The van der Waals surface area contributed by atoms with E-state index in [0.717, 1.165) is 61.8 Å². The molecule has 3 aromatic carbocycles. The minimum Gasteiger partial charge on any atom is -0.494 e. The van der Waals surface area contributed by atoms with E-state index in [9.17, 15) is 14.4 Å². The molecule has 0 aliphatic rings. The summed E-state index contributed by atoms with van der Waals surface area (Å²) in [5.41, 5.74) is 2.78. The Bertz CT molecular complexity index is 1440. The highest BCUT2D eigenvalue weighted by Gasteiger charge is 2.15. The maximum Gasteiger partial charge on any atom is 0.343 e. The van der Waals surface area contributed by atoms with Crippen LogP contribution in [0.15, 0.2) is 72.8 Å². The highest BCUT2D eigenvalue weighted by molar-refractivity contribution is 5.93. The second-order valence-electron chi connectivity index (χ2n) is 10.9. The van der Waals surface area contributed by atoms with Crippen LogP contribution in [0.25, 0.3) is 0 Å². The van der Waals surface area contributed by atoms with Crippen LogP contribution in [0, 0.1) is 13.8 Å². The molecular formula is C37H44O8. The van der Waals surface area contributed by atoms with E-state index in [2.05, 4.69) is 13.5 Å². The molecule has 0 aliphatic heterocycles. The molecular weight excluding hydrogens is 572 g/mol. The number of ether oxygens (including phenoxy) is 5. The van der Waals surface area contributed by atoms with Crippen LogP contribution in [0.3, 0.4) is 0 Å². The van der Waals surface area contributed by atoms with E-state index in [1.54, 1.807) is 55.5 Å². The first kappa shape index (κ1) is 34.9. The average molecular weight is 617 g/mol. The van der Waals surface area contributed by atoms with Gasteiger partial charge in [0.1, 0.15) is 23.0 Å². The standard InChI is InChI=1S/C37H44O8/c1-6-7-10-21-41-31-17-19-33(27(4)24-31)36(39)44-29-13-15-30(16-14-29)45-37(40)34-20-18-32(25-28(34)5)42-22-11-8-9-12-23-43-35(38)26(2)3/h13-20,24-25H,2,6-12,21-23H2,1,3-5H3. The lowest BCUT2D eigenvalue weighted by atomic mass is 10.1. The van der Waals surface area contributed by atoms with Gasteiger partial charge in [0.05, 0.1) is 30.9 Å². The zero-order valence-corrected chi connectivity index (χ0v) is 26.8. The third-order valence-corrected chi connectivity index (χ3v) is 6.99.